The number of carboxylic acid groups (broad SMARTS) is 2. The van der Waals surface area contributed by atoms with Crippen molar-refractivity contribution < 1.29 is 34.0 Å². The van der Waals surface area contributed by atoms with Gasteiger partial charge in [0.25, 0.3) is 0 Å². The number of rotatable bonds is 12. The Labute approximate surface area is 325 Å². The van der Waals surface area contributed by atoms with Crippen LogP contribution < -0.4 is 14.4 Å². The molecule has 0 bridgehead atoms. The first-order valence-electron chi connectivity index (χ1n) is 19.4. The first-order valence-corrected chi connectivity index (χ1v) is 19.4. The van der Waals surface area contributed by atoms with E-state index < -0.39 is 11.9 Å². The number of aryl methyl sites for hydroxylation is 3. The Morgan fingerprint density at radius 3 is 2.41 bits per heavy atom. The number of hydrogen-bond donors (Lipinski definition) is 2. The van der Waals surface area contributed by atoms with E-state index >= 15 is 0 Å². The number of carbonyl (C=O) groups is 2. The lowest BCUT2D eigenvalue weighted by Crippen LogP contribution is -2.47. The first-order chi connectivity index (χ1) is 27.4. The van der Waals surface area contributed by atoms with E-state index in [0.29, 0.717) is 63.7 Å². The quantitative estimate of drug-likeness (QED) is 0.126. The van der Waals surface area contributed by atoms with Crippen molar-refractivity contribution >= 4 is 39.3 Å². The van der Waals surface area contributed by atoms with Crippen molar-refractivity contribution in [3.63, 3.8) is 0 Å². The molecule has 0 aliphatic carbocycles. The van der Waals surface area contributed by atoms with Crippen molar-refractivity contribution in [1.82, 2.24) is 19.2 Å². The van der Waals surface area contributed by atoms with Crippen LogP contribution in [0.25, 0.3) is 32.8 Å². The van der Waals surface area contributed by atoms with Gasteiger partial charge in [0.05, 0.1) is 31.0 Å². The number of piperazine rings is 1. The molecule has 0 spiro atoms. The highest BCUT2D eigenvalue weighted by molar-refractivity contribution is 6.04. The van der Waals surface area contributed by atoms with E-state index in [0.717, 1.165) is 87.1 Å². The third-order valence-electron chi connectivity index (χ3n) is 10.9. The van der Waals surface area contributed by atoms with Crippen LogP contribution in [0, 0.1) is 0 Å². The van der Waals surface area contributed by atoms with E-state index in [1.807, 2.05) is 81.9 Å². The number of hydrogen-bond acceptors (Lipinski definition) is 8. The van der Waals surface area contributed by atoms with Crippen LogP contribution in [0.3, 0.4) is 0 Å². The highest BCUT2D eigenvalue weighted by Crippen LogP contribution is 2.39. The summed E-state index contributed by atoms with van der Waals surface area (Å²) in [6, 6.07) is 28.3. The van der Waals surface area contributed by atoms with Gasteiger partial charge in [0.15, 0.2) is 0 Å². The molecule has 4 heterocycles. The van der Waals surface area contributed by atoms with Crippen LogP contribution in [0.2, 0.25) is 0 Å². The molecule has 8 rings (SSSR count). The summed E-state index contributed by atoms with van der Waals surface area (Å²) in [6.07, 6.45) is 2.77. The summed E-state index contributed by atoms with van der Waals surface area (Å²) in [5, 5.41) is 27.9. The SMILES string of the molecule is Cn1nc(COc2ccc(N3CCN(CC(=O)O)CC3)cc2)c2c1COCCCCn1c(C(=O)O)c(CCCOc3cccc4ccccc34)c3cccc-2c31. The number of fused-ring (bicyclic) bond motifs is 3. The monoisotopic (exact) mass is 757 g/mol. The van der Waals surface area contributed by atoms with Gasteiger partial charge in [-0.05, 0) is 67.0 Å². The number of anilines is 1. The molecule has 2 N–H and O–H groups in total. The van der Waals surface area contributed by atoms with Gasteiger partial charge in [0.1, 0.15) is 29.5 Å². The molecule has 0 saturated carbocycles. The van der Waals surface area contributed by atoms with Crippen molar-refractivity contribution in [3.8, 4) is 22.6 Å². The Balaban J connectivity index is 1.07. The number of carboxylic acids is 2. The van der Waals surface area contributed by atoms with Crippen LogP contribution in [0.4, 0.5) is 5.69 Å². The van der Waals surface area contributed by atoms with Crippen LogP contribution >= 0.6 is 0 Å². The van der Waals surface area contributed by atoms with Gasteiger partial charge in [-0.2, -0.15) is 5.10 Å². The number of aromatic nitrogens is 3. The van der Waals surface area contributed by atoms with Gasteiger partial charge in [-0.3, -0.25) is 14.4 Å². The zero-order chi connectivity index (χ0) is 38.6. The molecule has 0 unspecified atom stereocenters. The van der Waals surface area contributed by atoms with Crippen molar-refractivity contribution in [3.05, 3.63) is 108 Å². The lowest BCUT2D eigenvalue weighted by molar-refractivity contribution is -0.138. The van der Waals surface area contributed by atoms with Crippen molar-refractivity contribution in [2.75, 3.05) is 50.8 Å². The number of aliphatic carboxylic acids is 1. The van der Waals surface area contributed by atoms with Crippen LogP contribution in [0.1, 0.15) is 46.7 Å². The average molecular weight is 758 g/mol. The minimum atomic E-state index is -0.941. The minimum absolute atomic E-state index is 0.0643. The van der Waals surface area contributed by atoms with Crippen molar-refractivity contribution in [2.45, 2.75) is 45.4 Å². The minimum Gasteiger partial charge on any atom is -0.493 e. The fourth-order valence-corrected chi connectivity index (χ4v) is 8.26. The molecule has 12 nitrogen and oxygen atoms in total. The maximum atomic E-state index is 13.1. The van der Waals surface area contributed by atoms with E-state index in [1.165, 1.54) is 0 Å². The Morgan fingerprint density at radius 2 is 1.61 bits per heavy atom. The molecule has 1 saturated heterocycles. The summed E-state index contributed by atoms with van der Waals surface area (Å²) >= 11 is 0. The molecule has 1 fully saturated rings. The summed E-state index contributed by atoms with van der Waals surface area (Å²) in [7, 11) is 1.92. The summed E-state index contributed by atoms with van der Waals surface area (Å²) in [5.74, 6) is -0.215. The number of ether oxygens (including phenoxy) is 3. The number of benzene rings is 4. The van der Waals surface area contributed by atoms with Gasteiger partial charge in [-0.1, -0.05) is 54.6 Å². The zero-order valence-corrected chi connectivity index (χ0v) is 31.7. The molecular formula is C44H47N5O7. The number of nitrogens with zero attached hydrogens (tertiary/aromatic N) is 5. The molecule has 290 valence electrons. The van der Waals surface area contributed by atoms with Crippen molar-refractivity contribution in [2.24, 2.45) is 7.05 Å². The maximum Gasteiger partial charge on any atom is 0.352 e. The van der Waals surface area contributed by atoms with E-state index in [-0.39, 0.29) is 13.2 Å². The van der Waals surface area contributed by atoms with E-state index in [9.17, 15) is 14.7 Å². The highest BCUT2D eigenvalue weighted by Gasteiger charge is 2.28. The fraction of sp³-hybridized carbons (Fsp3) is 0.341. The number of para-hydroxylation sites is 1. The van der Waals surface area contributed by atoms with Gasteiger partial charge < -0.3 is 33.9 Å². The highest BCUT2D eigenvalue weighted by atomic mass is 16.5. The molecule has 2 aliphatic heterocycles. The predicted octanol–water partition coefficient (Wildman–Crippen LogP) is 7.00. The van der Waals surface area contributed by atoms with Gasteiger partial charge in [0, 0.05) is 74.0 Å². The lowest BCUT2D eigenvalue weighted by atomic mass is 9.98. The van der Waals surface area contributed by atoms with Crippen molar-refractivity contribution in [1.29, 1.82) is 0 Å². The topological polar surface area (TPSA) is 132 Å². The second-order valence-corrected chi connectivity index (χ2v) is 14.5. The normalized spacial score (nSPS) is 15.1. The molecule has 0 radical (unpaired) electrons. The molecule has 2 aromatic heterocycles. The van der Waals surface area contributed by atoms with Crippen LogP contribution in [-0.2, 0) is 42.8 Å². The summed E-state index contributed by atoms with van der Waals surface area (Å²) in [6.45, 7) is 5.11. The Hall–Kier alpha value is -5.85. The van der Waals surface area contributed by atoms with Gasteiger partial charge in [-0.15, -0.1) is 0 Å². The van der Waals surface area contributed by atoms with Gasteiger partial charge >= 0.3 is 11.9 Å². The Kier molecular flexibility index (Phi) is 10.9. The predicted molar refractivity (Wildman–Crippen MR) is 215 cm³/mol. The second kappa shape index (κ2) is 16.5. The zero-order valence-electron chi connectivity index (χ0n) is 31.7. The molecule has 56 heavy (non-hydrogen) atoms. The van der Waals surface area contributed by atoms with E-state index in [2.05, 4.69) is 29.2 Å². The average Bonchev–Trinajstić information content (AvgIpc) is 3.69. The maximum absolute atomic E-state index is 13.1. The Morgan fingerprint density at radius 1 is 0.839 bits per heavy atom. The first kappa shape index (κ1) is 37.1. The Bertz CT molecular complexity index is 2350. The molecule has 12 heteroatoms. The summed E-state index contributed by atoms with van der Waals surface area (Å²) < 4.78 is 22.7. The van der Waals surface area contributed by atoms with Crippen LogP contribution in [-0.4, -0.2) is 87.3 Å². The number of aromatic carboxylic acids is 1. The molecular weight excluding hydrogens is 711 g/mol. The van der Waals surface area contributed by atoms with Gasteiger partial charge in [0.2, 0.25) is 0 Å². The molecule has 2 aliphatic rings. The van der Waals surface area contributed by atoms with E-state index in [1.54, 1.807) is 0 Å². The standard InChI is InChI=1S/C44H47N5O7/c1-46-38-29-54-25-5-4-20-49-42-34(35(43(49)44(52)53)14-8-26-55-39-15-6-10-30-9-2-3-11-33(30)39)12-7-13-36(42)41(38)37(45-46)28-56-32-18-16-31(17-19-32)48-23-21-47(22-24-48)27-40(50)51/h2-3,6-7,9-13,15-19H,4-5,8,14,20-29H2,1H3,(H,50,51)(H,52,53). The largest absolute Gasteiger partial charge is 0.493 e. The third kappa shape index (κ3) is 7.67. The fourth-order valence-electron chi connectivity index (χ4n) is 8.26. The van der Waals surface area contributed by atoms with Crippen LogP contribution in [0.15, 0.2) is 84.9 Å². The van der Waals surface area contributed by atoms with E-state index in [4.69, 9.17) is 24.4 Å². The third-order valence-corrected chi connectivity index (χ3v) is 10.9. The molecule has 6 aromatic rings. The lowest BCUT2D eigenvalue weighted by Gasteiger charge is -2.35. The molecule has 0 atom stereocenters. The summed E-state index contributed by atoms with van der Waals surface area (Å²) in [5.41, 5.74) is 6.55. The smallest absolute Gasteiger partial charge is 0.352 e. The van der Waals surface area contributed by atoms with Gasteiger partial charge in [-0.25, -0.2) is 4.79 Å². The second-order valence-electron chi connectivity index (χ2n) is 14.5. The molecule has 4 aromatic carbocycles. The van der Waals surface area contributed by atoms with Crippen LogP contribution in [0.5, 0.6) is 11.5 Å². The summed E-state index contributed by atoms with van der Waals surface area (Å²) in [4.78, 5) is 28.5. The molecule has 0 amide bonds.